The Bertz CT molecular complexity index is 835. The summed E-state index contributed by atoms with van der Waals surface area (Å²) in [5.74, 6) is -1.45. The van der Waals surface area contributed by atoms with Crippen LogP contribution in [0.25, 0.3) is 0 Å². The summed E-state index contributed by atoms with van der Waals surface area (Å²) in [5, 5.41) is 8.80. The Morgan fingerprint density at radius 3 is 2.38 bits per heavy atom. The molecule has 26 heavy (non-hydrogen) atoms. The van der Waals surface area contributed by atoms with Crippen molar-refractivity contribution in [2.75, 3.05) is 19.7 Å². The van der Waals surface area contributed by atoms with Gasteiger partial charge in [-0.3, -0.25) is 4.79 Å². The zero-order chi connectivity index (χ0) is 18.7. The summed E-state index contributed by atoms with van der Waals surface area (Å²) >= 11 is 0. The fourth-order valence-corrected chi connectivity index (χ4v) is 4.47. The maximum atomic E-state index is 12.7. The molecule has 0 aromatic heterocycles. The smallest absolute Gasteiger partial charge is 0.347 e. The number of nitriles is 1. The Kier molecular flexibility index (Phi) is 5.25. The van der Waals surface area contributed by atoms with Crippen LogP contribution in [0.15, 0.2) is 29.2 Å². The Hall–Kier alpha value is -2.44. The van der Waals surface area contributed by atoms with E-state index in [0.717, 1.165) is 0 Å². The molecule has 2 fully saturated rings. The average Bonchev–Trinajstić information content (AvgIpc) is 3.06. The van der Waals surface area contributed by atoms with E-state index in [1.54, 1.807) is 0 Å². The second kappa shape index (κ2) is 7.43. The van der Waals surface area contributed by atoms with Crippen molar-refractivity contribution in [3.05, 3.63) is 29.8 Å². The van der Waals surface area contributed by atoms with Crippen LogP contribution < -0.4 is 0 Å². The summed E-state index contributed by atoms with van der Waals surface area (Å²) in [6, 6.07) is 7.66. The van der Waals surface area contributed by atoms with E-state index in [9.17, 15) is 18.0 Å². The van der Waals surface area contributed by atoms with E-state index < -0.39 is 34.0 Å². The van der Waals surface area contributed by atoms with Crippen molar-refractivity contribution >= 4 is 22.0 Å². The van der Waals surface area contributed by atoms with E-state index in [0.29, 0.717) is 24.8 Å². The van der Waals surface area contributed by atoms with Gasteiger partial charge in [-0.25, -0.2) is 13.2 Å². The maximum Gasteiger partial charge on any atom is 0.347 e. The number of hydrogen-bond donors (Lipinski definition) is 0. The van der Waals surface area contributed by atoms with E-state index in [1.807, 2.05) is 6.07 Å². The number of esters is 2. The zero-order valence-corrected chi connectivity index (χ0v) is 14.8. The highest BCUT2D eigenvalue weighted by molar-refractivity contribution is 7.89. The number of rotatable bonds is 4. The van der Waals surface area contributed by atoms with Gasteiger partial charge in [0.2, 0.25) is 16.1 Å². The highest BCUT2D eigenvalue weighted by Crippen LogP contribution is 2.26. The molecule has 2 heterocycles. The number of benzene rings is 1. The molecule has 0 spiro atoms. The third-order valence-corrected chi connectivity index (χ3v) is 6.47. The van der Waals surface area contributed by atoms with E-state index in [-0.39, 0.29) is 24.6 Å². The summed E-state index contributed by atoms with van der Waals surface area (Å²) in [6.45, 7) is 0.631. The van der Waals surface area contributed by atoms with Crippen molar-refractivity contribution in [3.8, 4) is 6.07 Å². The Labute approximate surface area is 151 Å². The third kappa shape index (κ3) is 3.71. The van der Waals surface area contributed by atoms with Crippen molar-refractivity contribution in [2.24, 2.45) is 5.92 Å². The zero-order valence-electron chi connectivity index (χ0n) is 14.0. The first-order valence-electron chi connectivity index (χ1n) is 8.29. The molecule has 0 amide bonds. The lowest BCUT2D eigenvalue weighted by Crippen LogP contribution is -2.41. The molecule has 8 nitrogen and oxygen atoms in total. The van der Waals surface area contributed by atoms with E-state index in [4.69, 9.17) is 14.7 Å². The van der Waals surface area contributed by atoms with Gasteiger partial charge in [0.15, 0.2) is 0 Å². The minimum atomic E-state index is -3.67. The van der Waals surface area contributed by atoms with Gasteiger partial charge in [-0.15, -0.1) is 0 Å². The van der Waals surface area contributed by atoms with Crippen molar-refractivity contribution in [1.82, 2.24) is 4.31 Å². The number of carbonyl (C=O) groups is 2. The van der Waals surface area contributed by atoms with Crippen molar-refractivity contribution in [2.45, 2.75) is 30.3 Å². The molecule has 9 heteroatoms. The highest BCUT2D eigenvalue weighted by atomic mass is 32.2. The first-order valence-corrected chi connectivity index (χ1v) is 9.73. The largest absolute Gasteiger partial charge is 0.463 e. The Morgan fingerprint density at radius 2 is 1.85 bits per heavy atom. The fourth-order valence-electron chi connectivity index (χ4n) is 3.00. The van der Waals surface area contributed by atoms with Crippen LogP contribution in [0.5, 0.6) is 0 Å². The average molecular weight is 378 g/mol. The lowest BCUT2D eigenvalue weighted by molar-refractivity contribution is -0.164. The molecular weight excluding hydrogens is 360 g/mol. The first-order chi connectivity index (χ1) is 12.4. The van der Waals surface area contributed by atoms with Crippen molar-refractivity contribution < 1.29 is 27.5 Å². The predicted molar refractivity (Wildman–Crippen MR) is 88.1 cm³/mol. The van der Waals surface area contributed by atoms with Gasteiger partial charge in [0.1, 0.15) is 0 Å². The first kappa shape index (κ1) is 18.4. The monoisotopic (exact) mass is 378 g/mol. The summed E-state index contributed by atoms with van der Waals surface area (Å²) in [4.78, 5) is 23.7. The van der Waals surface area contributed by atoms with Gasteiger partial charge in [-0.05, 0) is 37.1 Å². The van der Waals surface area contributed by atoms with E-state index in [2.05, 4.69) is 0 Å². The van der Waals surface area contributed by atoms with Crippen LogP contribution in [0.2, 0.25) is 0 Å². The van der Waals surface area contributed by atoms with Gasteiger partial charge in [-0.1, -0.05) is 0 Å². The summed E-state index contributed by atoms with van der Waals surface area (Å²) in [5.41, 5.74) is 0.385. The lowest BCUT2D eigenvalue weighted by Gasteiger charge is -2.30. The quantitative estimate of drug-likeness (QED) is 0.713. The van der Waals surface area contributed by atoms with Crippen LogP contribution in [0.3, 0.4) is 0 Å². The molecule has 1 atom stereocenters. The molecule has 2 saturated heterocycles. The van der Waals surface area contributed by atoms with Crippen LogP contribution in [0.1, 0.15) is 24.8 Å². The van der Waals surface area contributed by atoms with Crippen LogP contribution in [0, 0.1) is 17.2 Å². The summed E-state index contributed by atoms with van der Waals surface area (Å²) in [7, 11) is -3.67. The number of cyclic esters (lactones) is 1. The van der Waals surface area contributed by atoms with Gasteiger partial charge in [0, 0.05) is 19.5 Å². The van der Waals surface area contributed by atoms with E-state index >= 15 is 0 Å². The highest BCUT2D eigenvalue weighted by Gasteiger charge is 2.36. The van der Waals surface area contributed by atoms with E-state index in [1.165, 1.54) is 28.6 Å². The third-order valence-electron chi connectivity index (χ3n) is 4.55. The molecule has 0 radical (unpaired) electrons. The number of piperidine rings is 1. The van der Waals surface area contributed by atoms with Gasteiger partial charge in [0.25, 0.3) is 0 Å². The molecule has 0 unspecified atom stereocenters. The molecule has 1 aromatic rings. The number of hydrogen-bond acceptors (Lipinski definition) is 7. The Balaban J connectivity index is 1.59. The minimum absolute atomic E-state index is 0.117. The minimum Gasteiger partial charge on any atom is -0.463 e. The number of sulfonamides is 1. The molecule has 138 valence electrons. The van der Waals surface area contributed by atoms with Crippen LogP contribution in [-0.2, 0) is 29.1 Å². The number of ether oxygens (including phenoxy) is 2. The molecule has 0 saturated carbocycles. The SMILES string of the molecule is N#Cc1ccc(S(=O)(=O)N2CCC(C(=O)O[C@H]3CCOC3=O)CC2)cc1. The summed E-state index contributed by atoms with van der Waals surface area (Å²) in [6.07, 6.45) is 0.172. The predicted octanol–water partition coefficient (Wildman–Crippen LogP) is 0.818. The van der Waals surface area contributed by atoms with Crippen molar-refractivity contribution in [1.29, 1.82) is 5.26 Å². The molecule has 0 aliphatic carbocycles. The van der Waals surface area contributed by atoms with Crippen molar-refractivity contribution in [3.63, 3.8) is 0 Å². The van der Waals surface area contributed by atoms with Gasteiger partial charge in [0.05, 0.1) is 29.1 Å². The molecule has 3 rings (SSSR count). The van der Waals surface area contributed by atoms with Gasteiger partial charge < -0.3 is 9.47 Å². The standard InChI is InChI=1S/C17H18N2O6S/c18-11-12-1-3-14(4-2-12)26(22,23)19-8-5-13(6-9-19)16(20)25-15-7-10-24-17(15)21/h1-4,13,15H,5-10H2/t15-/m0/s1. The second-order valence-corrected chi connectivity index (χ2v) is 8.13. The van der Waals surface area contributed by atoms with Crippen LogP contribution >= 0.6 is 0 Å². The van der Waals surface area contributed by atoms with Crippen LogP contribution in [0.4, 0.5) is 0 Å². The summed E-state index contributed by atoms with van der Waals surface area (Å²) < 4.78 is 36.6. The molecule has 2 aliphatic heterocycles. The number of nitrogens with zero attached hydrogens (tertiary/aromatic N) is 2. The Morgan fingerprint density at radius 1 is 1.19 bits per heavy atom. The molecular formula is C17H18N2O6S. The van der Waals surface area contributed by atoms with Gasteiger partial charge in [-0.2, -0.15) is 9.57 Å². The molecule has 1 aromatic carbocycles. The van der Waals surface area contributed by atoms with Gasteiger partial charge >= 0.3 is 11.9 Å². The molecule has 0 bridgehead atoms. The lowest BCUT2D eigenvalue weighted by atomic mass is 9.98. The maximum absolute atomic E-state index is 12.7. The number of carbonyl (C=O) groups excluding carboxylic acids is 2. The topological polar surface area (TPSA) is 114 Å². The molecule has 0 N–H and O–H groups in total. The second-order valence-electron chi connectivity index (χ2n) is 6.20. The normalized spacial score (nSPS) is 21.8. The van der Waals surface area contributed by atoms with Crippen LogP contribution in [-0.4, -0.2) is 50.5 Å². The molecule has 2 aliphatic rings. The fraction of sp³-hybridized carbons (Fsp3) is 0.471.